The highest BCUT2D eigenvalue weighted by atomic mass is 16.7. The van der Waals surface area contributed by atoms with E-state index in [1.807, 2.05) is 37.3 Å². The smallest absolute Gasteiger partial charge is 0.465 e. The molecule has 0 radical (unpaired) electrons. The zero-order valence-electron chi connectivity index (χ0n) is 26.2. The summed E-state index contributed by atoms with van der Waals surface area (Å²) in [4.78, 5) is 39.1. The second-order valence-corrected chi connectivity index (χ2v) is 12.1. The van der Waals surface area contributed by atoms with E-state index in [-0.39, 0.29) is 24.3 Å². The number of fused-ring (bicyclic) bond motifs is 1. The van der Waals surface area contributed by atoms with Gasteiger partial charge in [-0.05, 0) is 44.6 Å². The first-order chi connectivity index (χ1) is 20.4. The molecule has 8 heteroatoms. The molecule has 0 amide bonds. The van der Waals surface area contributed by atoms with Crippen LogP contribution in [0.4, 0.5) is 4.79 Å². The minimum atomic E-state index is -0.771. The Kier molecular flexibility index (Phi) is 14.8. The van der Waals surface area contributed by atoms with Crippen LogP contribution >= 0.6 is 0 Å². The third kappa shape index (κ3) is 10.4. The highest BCUT2D eigenvalue weighted by Gasteiger charge is 2.56. The maximum absolute atomic E-state index is 13.9. The van der Waals surface area contributed by atoms with Crippen molar-refractivity contribution < 1.29 is 28.6 Å². The van der Waals surface area contributed by atoms with Crippen LogP contribution in [0.25, 0.3) is 0 Å². The first kappa shape index (κ1) is 34.0. The van der Waals surface area contributed by atoms with E-state index in [2.05, 4.69) is 17.6 Å². The van der Waals surface area contributed by atoms with E-state index in [1.54, 1.807) is 6.92 Å². The van der Waals surface area contributed by atoms with Crippen LogP contribution in [0, 0.1) is 5.92 Å². The second-order valence-electron chi connectivity index (χ2n) is 12.1. The lowest BCUT2D eigenvalue weighted by molar-refractivity contribution is -0.146. The number of carbonyl (C=O) groups excluding carboxylic acids is 3. The Bertz CT molecular complexity index is 957. The van der Waals surface area contributed by atoms with Gasteiger partial charge in [-0.1, -0.05) is 108 Å². The fourth-order valence-electron chi connectivity index (χ4n) is 6.64. The molecular formula is C34H54N2O6. The molecule has 8 nitrogen and oxygen atoms in total. The number of benzene rings is 1. The Labute approximate surface area is 253 Å². The molecule has 1 saturated carbocycles. The Morgan fingerprint density at radius 1 is 0.952 bits per heavy atom. The number of nitrogens with one attached hydrogen (secondary N) is 2. The lowest BCUT2D eigenvalue weighted by atomic mass is 9.82. The SMILES string of the molecule is CCCCCCCCCCCC[C@H](N[C@@H](C)C(=O)[C@]12CCC[C@H]1C[C@H](OC(=O)OCc1ccccc1)N2)C(=O)OCC. The average molecular weight is 587 g/mol. The number of hydrogen-bond acceptors (Lipinski definition) is 8. The van der Waals surface area contributed by atoms with Crippen molar-refractivity contribution in [1.82, 2.24) is 10.6 Å². The molecule has 2 N–H and O–H groups in total. The summed E-state index contributed by atoms with van der Waals surface area (Å²) in [5.41, 5.74) is 0.110. The van der Waals surface area contributed by atoms with Crippen molar-refractivity contribution in [2.45, 2.75) is 148 Å². The summed E-state index contributed by atoms with van der Waals surface area (Å²) < 4.78 is 16.2. The number of hydrogen-bond donors (Lipinski definition) is 2. The Morgan fingerprint density at radius 2 is 1.62 bits per heavy atom. The molecule has 1 aliphatic carbocycles. The van der Waals surface area contributed by atoms with E-state index in [9.17, 15) is 14.4 Å². The van der Waals surface area contributed by atoms with Crippen LogP contribution in [0.2, 0.25) is 0 Å². The quantitative estimate of drug-likeness (QED) is 0.125. The summed E-state index contributed by atoms with van der Waals surface area (Å²) in [6.45, 7) is 6.32. The second kappa shape index (κ2) is 18.3. The van der Waals surface area contributed by atoms with Gasteiger partial charge in [-0.15, -0.1) is 0 Å². The zero-order chi connectivity index (χ0) is 30.2. The van der Waals surface area contributed by atoms with Crippen LogP contribution in [-0.2, 0) is 30.4 Å². The van der Waals surface area contributed by atoms with Crippen LogP contribution in [0.5, 0.6) is 0 Å². The number of ether oxygens (including phenoxy) is 3. The topological polar surface area (TPSA) is 103 Å². The number of esters is 1. The molecule has 1 aliphatic heterocycles. The van der Waals surface area contributed by atoms with E-state index in [0.29, 0.717) is 25.9 Å². The number of ketones is 1. The highest BCUT2D eigenvalue weighted by molar-refractivity contribution is 5.94. The van der Waals surface area contributed by atoms with Gasteiger partial charge in [0, 0.05) is 6.42 Å². The van der Waals surface area contributed by atoms with Gasteiger partial charge in [0.15, 0.2) is 12.0 Å². The van der Waals surface area contributed by atoms with E-state index in [4.69, 9.17) is 14.2 Å². The first-order valence-electron chi connectivity index (χ1n) is 16.5. The third-order valence-electron chi connectivity index (χ3n) is 8.88. The maximum atomic E-state index is 13.9. The molecule has 5 atom stereocenters. The molecule has 1 saturated heterocycles. The fraction of sp³-hybridized carbons (Fsp3) is 0.735. The maximum Gasteiger partial charge on any atom is 0.510 e. The van der Waals surface area contributed by atoms with Gasteiger partial charge in [-0.25, -0.2) is 4.79 Å². The molecule has 1 heterocycles. The normalized spacial score (nSPS) is 22.7. The predicted molar refractivity (Wildman–Crippen MR) is 164 cm³/mol. The molecule has 0 aromatic heterocycles. The molecule has 236 valence electrons. The van der Waals surface area contributed by atoms with E-state index < -0.39 is 30.0 Å². The molecule has 0 bridgehead atoms. The van der Waals surface area contributed by atoms with Crippen LogP contribution < -0.4 is 10.6 Å². The van der Waals surface area contributed by atoms with Gasteiger partial charge in [0.25, 0.3) is 0 Å². The van der Waals surface area contributed by atoms with E-state index in [0.717, 1.165) is 31.2 Å². The van der Waals surface area contributed by atoms with Gasteiger partial charge in [0.2, 0.25) is 0 Å². The fourth-order valence-corrected chi connectivity index (χ4v) is 6.64. The van der Waals surface area contributed by atoms with Gasteiger partial charge >= 0.3 is 12.1 Å². The lowest BCUT2D eigenvalue weighted by Crippen LogP contribution is -2.59. The number of unbranched alkanes of at least 4 members (excludes halogenated alkanes) is 9. The molecule has 2 fully saturated rings. The Hall–Kier alpha value is -2.45. The number of Topliss-reactive ketones (excluding diaryl/α,β-unsaturated/α-hetero) is 1. The average Bonchev–Trinajstić information content (AvgIpc) is 3.54. The molecule has 0 spiro atoms. The summed E-state index contributed by atoms with van der Waals surface area (Å²) in [5.74, 6) is -0.203. The number of carbonyl (C=O) groups is 3. The highest BCUT2D eigenvalue weighted by Crippen LogP contribution is 2.45. The third-order valence-corrected chi connectivity index (χ3v) is 8.88. The van der Waals surface area contributed by atoms with Crippen molar-refractivity contribution in [1.29, 1.82) is 0 Å². The molecular weight excluding hydrogens is 532 g/mol. The van der Waals surface area contributed by atoms with Gasteiger partial charge < -0.3 is 14.2 Å². The van der Waals surface area contributed by atoms with Crippen molar-refractivity contribution in [3.63, 3.8) is 0 Å². The Morgan fingerprint density at radius 3 is 2.29 bits per heavy atom. The van der Waals surface area contributed by atoms with Gasteiger partial charge in [0.05, 0.1) is 18.2 Å². The predicted octanol–water partition coefficient (Wildman–Crippen LogP) is 6.99. The summed E-state index contributed by atoms with van der Waals surface area (Å²) in [7, 11) is 0. The summed E-state index contributed by atoms with van der Waals surface area (Å²) in [6, 6.07) is 8.38. The van der Waals surface area contributed by atoms with Crippen molar-refractivity contribution >= 4 is 17.9 Å². The van der Waals surface area contributed by atoms with Gasteiger partial charge in [-0.3, -0.25) is 20.2 Å². The molecule has 1 aromatic rings. The minimum Gasteiger partial charge on any atom is -0.465 e. The van der Waals surface area contributed by atoms with Crippen molar-refractivity contribution in [2.75, 3.05) is 6.61 Å². The van der Waals surface area contributed by atoms with Gasteiger partial charge in [0.1, 0.15) is 12.6 Å². The van der Waals surface area contributed by atoms with Crippen molar-refractivity contribution in [2.24, 2.45) is 5.92 Å². The van der Waals surface area contributed by atoms with Crippen LogP contribution in [0.1, 0.15) is 123 Å². The lowest BCUT2D eigenvalue weighted by Gasteiger charge is -2.33. The summed E-state index contributed by atoms with van der Waals surface area (Å²) >= 11 is 0. The monoisotopic (exact) mass is 586 g/mol. The summed E-state index contributed by atoms with van der Waals surface area (Å²) in [5, 5.41) is 6.68. The van der Waals surface area contributed by atoms with Crippen LogP contribution in [0.3, 0.4) is 0 Å². The number of rotatable bonds is 20. The zero-order valence-corrected chi connectivity index (χ0v) is 26.2. The standard InChI is InChI=1S/C34H54N2O6/c1-4-6-7-8-9-10-11-12-13-17-22-29(32(38)40-5-2)35-26(3)31(37)34-23-18-21-28(34)24-30(36-34)42-33(39)41-25-27-19-15-14-16-20-27/h14-16,19-20,26,28-30,35-36H,4-13,17-18,21-25H2,1-3H3/t26-,28-,29-,30-,34-/m0/s1. The van der Waals surface area contributed by atoms with Crippen molar-refractivity contribution in [3.8, 4) is 0 Å². The molecule has 42 heavy (non-hydrogen) atoms. The Balaban J connectivity index is 1.47. The van der Waals surface area contributed by atoms with Gasteiger partial charge in [-0.2, -0.15) is 0 Å². The molecule has 2 aliphatic rings. The summed E-state index contributed by atoms with van der Waals surface area (Å²) in [6.07, 6.45) is 14.7. The molecule has 0 unspecified atom stereocenters. The molecule has 3 rings (SSSR count). The van der Waals surface area contributed by atoms with Crippen molar-refractivity contribution in [3.05, 3.63) is 35.9 Å². The molecule has 1 aromatic carbocycles. The minimum absolute atomic E-state index is 0.0196. The first-order valence-corrected chi connectivity index (χ1v) is 16.5. The van der Waals surface area contributed by atoms with E-state index >= 15 is 0 Å². The van der Waals surface area contributed by atoms with Crippen LogP contribution in [-0.4, -0.2) is 48.4 Å². The largest absolute Gasteiger partial charge is 0.510 e. The van der Waals surface area contributed by atoms with E-state index in [1.165, 1.54) is 51.4 Å². The van der Waals surface area contributed by atoms with Crippen LogP contribution in [0.15, 0.2) is 30.3 Å².